The van der Waals surface area contributed by atoms with E-state index in [0.29, 0.717) is 0 Å². The Morgan fingerprint density at radius 3 is 2.29 bits per heavy atom. The topological polar surface area (TPSA) is 107 Å². The fourth-order valence-electron chi connectivity index (χ4n) is 0.736. The third-order valence-electron chi connectivity index (χ3n) is 2.09. The van der Waals surface area contributed by atoms with E-state index in [0.717, 1.165) is 0 Å². The zero-order valence-electron chi connectivity index (χ0n) is 8.27. The largest absolute Gasteiger partial charge is 0.395 e. The number of nitrogens with one attached hydrogen (secondary N) is 1. The van der Waals surface area contributed by atoms with Crippen molar-refractivity contribution in [3.8, 4) is 0 Å². The van der Waals surface area contributed by atoms with Gasteiger partial charge in [-0.1, -0.05) is 0 Å². The second-order valence-electron chi connectivity index (χ2n) is 3.52. The maximum absolute atomic E-state index is 10.8. The van der Waals surface area contributed by atoms with Crippen molar-refractivity contribution in [3.63, 3.8) is 0 Å². The molecule has 0 saturated carbocycles. The molecule has 0 bridgehead atoms. The Kier molecular flexibility index (Phi) is 4.96. The average molecular weight is 227 g/mol. The maximum Gasteiger partial charge on any atom is 0.272 e. The van der Waals surface area contributed by atoms with Crippen molar-refractivity contribution in [1.82, 2.24) is 5.32 Å². The van der Waals surface area contributed by atoms with E-state index < -0.39 is 21.0 Å². The predicted molar refractivity (Wildman–Crippen MR) is 51.6 cm³/mol. The molecule has 0 saturated heterocycles. The number of aliphatic hydroxyl groups is 2. The predicted octanol–water partition coefficient (Wildman–Crippen LogP) is -1.40. The Labute approximate surface area is 83.7 Å². The Balaban J connectivity index is 4.30. The van der Waals surface area contributed by atoms with Crippen molar-refractivity contribution in [2.24, 2.45) is 0 Å². The Morgan fingerprint density at radius 2 is 1.93 bits per heavy atom. The van der Waals surface area contributed by atoms with Gasteiger partial charge in [0.25, 0.3) is 10.1 Å². The summed E-state index contributed by atoms with van der Waals surface area (Å²) in [6, 6.07) is 0. The highest BCUT2D eigenvalue weighted by atomic mass is 32.2. The molecule has 86 valence electrons. The van der Waals surface area contributed by atoms with Crippen LogP contribution in [0.25, 0.3) is 0 Å². The molecule has 0 fully saturated rings. The molecule has 0 amide bonds. The zero-order chi connectivity index (χ0) is 11.4. The van der Waals surface area contributed by atoms with E-state index in [1.807, 2.05) is 0 Å². The van der Waals surface area contributed by atoms with Crippen LogP contribution in [0.4, 0.5) is 0 Å². The molecular weight excluding hydrogens is 210 g/mol. The van der Waals surface area contributed by atoms with Crippen LogP contribution < -0.4 is 5.32 Å². The summed E-state index contributed by atoms with van der Waals surface area (Å²) in [5, 5.41) is 20.5. The molecule has 0 aromatic carbocycles. The molecule has 0 aromatic heterocycles. The van der Waals surface area contributed by atoms with Crippen LogP contribution in [0.3, 0.4) is 0 Å². The summed E-state index contributed by atoms with van der Waals surface area (Å²) < 4.78 is 28.9. The molecule has 7 heteroatoms. The van der Waals surface area contributed by atoms with Crippen molar-refractivity contribution in [2.75, 3.05) is 19.7 Å². The van der Waals surface area contributed by atoms with E-state index in [1.54, 1.807) is 0 Å². The van der Waals surface area contributed by atoms with Crippen molar-refractivity contribution < 1.29 is 23.2 Å². The number of rotatable bonds is 6. The Hall–Kier alpha value is -0.210. The fourth-order valence-corrected chi connectivity index (χ4v) is 1.16. The van der Waals surface area contributed by atoms with Crippen LogP contribution in [0.15, 0.2) is 0 Å². The first-order chi connectivity index (χ1) is 6.23. The highest BCUT2D eigenvalue weighted by Gasteiger charge is 2.39. The summed E-state index contributed by atoms with van der Waals surface area (Å²) in [6.45, 7) is 2.62. The van der Waals surface area contributed by atoms with Gasteiger partial charge in [-0.2, -0.15) is 8.42 Å². The summed E-state index contributed by atoms with van der Waals surface area (Å²) in [4.78, 5) is 0. The third kappa shape index (κ3) is 3.50. The summed E-state index contributed by atoms with van der Waals surface area (Å²) in [5.74, 6) is 0. The Bertz CT molecular complexity index is 261. The smallest absolute Gasteiger partial charge is 0.272 e. The van der Waals surface area contributed by atoms with Crippen molar-refractivity contribution >= 4 is 10.1 Å². The summed E-state index contributed by atoms with van der Waals surface area (Å²) in [5.41, 5.74) is 0. The second kappa shape index (κ2) is 5.04. The normalized spacial score (nSPS) is 15.5. The van der Waals surface area contributed by atoms with Gasteiger partial charge in [-0.25, -0.2) is 0 Å². The van der Waals surface area contributed by atoms with E-state index >= 15 is 0 Å². The summed E-state index contributed by atoms with van der Waals surface area (Å²) in [7, 11) is -4.29. The average Bonchev–Trinajstić information content (AvgIpc) is 2.02. The van der Waals surface area contributed by atoms with Crippen LogP contribution in [-0.2, 0) is 10.1 Å². The van der Waals surface area contributed by atoms with Gasteiger partial charge < -0.3 is 15.5 Å². The fraction of sp³-hybridized carbons (Fsp3) is 1.00. The number of aliphatic hydroxyl groups excluding tert-OH is 2. The zero-order valence-corrected chi connectivity index (χ0v) is 9.08. The lowest BCUT2D eigenvalue weighted by molar-refractivity contribution is 0.129. The van der Waals surface area contributed by atoms with Gasteiger partial charge in [0.1, 0.15) is 4.75 Å². The molecule has 6 nitrogen and oxygen atoms in total. The minimum absolute atomic E-state index is 0.00660. The Morgan fingerprint density at radius 1 is 1.43 bits per heavy atom. The van der Waals surface area contributed by atoms with Crippen LogP contribution in [-0.4, -0.2) is 53.7 Å². The summed E-state index contributed by atoms with van der Waals surface area (Å²) in [6.07, 6.45) is -1.23. The van der Waals surface area contributed by atoms with E-state index in [4.69, 9.17) is 9.66 Å². The SMILES string of the molecule is CC(C)(C(O)CNCCO)S(=O)(=O)O. The van der Waals surface area contributed by atoms with Crippen molar-refractivity contribution in [2.45, 2.75) is 24.7 Å². The van der Waals surface area contributed by atoms with Crippen LogP contribution >= 0.6 is 0 Å². The van der Waals surface area contributed by atoms with Crippen LogP contribution in [0, 0.1) is 0 Å². The summed E-state index contributed by atoms with van der Waals surface area (Å²) >= 11 is 0. The molecule has 1 unspecified atom stereocenters. The molecule has 0 rings (SSSR count). The minimum Gasteiger partial charge on any atom is -0.395 e. The van der Waals surface area contributed by atoms with Gasteiger partial charge in [0.2, 0.25) is 0 Å². The van der Waals surface area contributed by atoms with Gasteiger partial charge in [-0.3, -0.25) is 4.55 Å². The lowest BCUT2D eigenvalue weighted by Crippen LogP contribution is -2.48. The van der Waals surface area contributed by atoms with Crippen molar-refractivity contribution in [3.05, 3.63) is 0 Å². The van der Waals surface area contributed by atoms with Gasteiger partial charge in [0, 0.05) is 13.1 Å². The van der Waals surface area contributed by atoms with E-state index in [-0.39, 0.29) is 19.7 Å². The number of hydrogen-bond donors (Lipinski definition) is 4. The molecule has 0 spiro atoms. The minimum atomic E-state index is -4.29. The maximum atomic E-state index is 10.8. The van der Waals surface area contributed by atoms with Gasteiger partial charge in [0.15, 0.2) is 0 Å². The van der Waals surface area contributed by atoms with Crippen LogP contribution in [0.1, 0.15) is 13.8 Å². The first kappa shape index (κ1) is 13.8. The highest BCUT2D eigenvalue weighted by molar-refractivity contribution is 7.87. The van der Waals surface area contributed by atoms with E-state index in [9.17, 15) is 13.5 Å². The molecule has 0 heterocycles. The van der Waals surface area contributed by atoms with Crippen LogP contribution in [0.5, 0.6) is 0 Å². The first-order valence-electron chi connectivity index (χ1n) is 4.20. The molecule has 0 aromatic rings. The van der Waals surface area contributed by atoms with E-state index in [1.165, 1.54) is 13.8 Å². The van der Waals surface area contributed by atoms with Gasteiger partial charge >= 0.3 is 0 Å². The van der Waals surface area contributed by atoms with Gasteiger partial charge in [-0.05, 0) is 13.8 Å². The molecule has 4 N–H and O–H groups in total. The standard InChI is InChI=1S/C7H17NO5S/c1-7(2,14(11,12)13)6(10)5-8-3-4-9/h6,8-10H,3-5H2,1-2H3,(H,11,12,13). The molecule has 0 aliphatic heterocycles. The quantitative estimate of drug-likeness (QED) is 0.328. The molecule has 0 radical (unpaired) electrons. The van der Waals surface area contributed by atoms with Gasteiger partial charge in [-0.15, -0.1) is 0 Å². The lowest BCUT2D eigenvalue weighted by Gasteiger charge is -2.27. The molecule has 0 aliphatic rings. The van der Waals surface area contributed by atoms with E-state index in [2.05, 4.69) is 5.32 Å². The lowest BCUT2D eigenvalue weighted by atomic mass is 10.1. The van der Waals surface area contributed by atoms with Crippen LogP contribution in [0.2, 0.25) is 0 Å². The van der Waals surface area contributed by atoms with Gasteiger partial charge in [0.05, 0.1) is 12.7 Å². The molecule has 14 heavy (non-hydrogen) atoms. The second-order valence-corrected chi connectivity index (χ2v) is 5.52. The monoisotopic (exact) mass is 227 g/mol. The third-order valence-corrected chi connectivity index (χ3v) is 3.70. The van der Waals surface area contributed by atoms with Crippen molar-refractivity contribution in [1.29, 1.82) is 0 Å². The highest BCUT2D eigenvalue weighted by Crippen LogP contribution is 2.19. The first-order valence-corrected chi connectivity index (χ1v) is 5.64. The number of hydrogen-bond acceptors (Lipinski definition) is 5. The molecule has 0 aliphatic carbocycles. The molecule has 1 atom stereocenters. The molecular formula is C7H17NO5S.